The molecule has 0 bridgehead atoms. The van der Waals surface area contributed by atoms with Crippen LogP contribution >= 0.6 is 12.2 Å². The molecule has 1 aromatic carbocycles. The fourth-order valence-electron chi connectivity index (χ4n) is 2.01. The van der Waals surface area contributed by atoms with Crippen molar-refractivity contribution in [3.8, 4) is 11.5 Å². The summed E-state index contributed by atoms with van der Waals surface area (Å²) in [6.07, 6.45) is 3.30. The van der Waals surface area contributed by atoms with Gasteiger partial charge in [-0.25, -0.2) is 9.89 Å². The van der Waals surface area contributed by atoms with Gasteiger partial charge < -0.3 is 4.74 Å². The molecule has 0 saturated carbocycles. The molecule has 0 spiro atoms. The van der Waals surface area contributed by atoms with Gasteiger partial charge >= 0.3 is 5.97 Å². The number of esters is 1. The average molecular weight is 339 g/mol. The molecule has 3 rings (SSSR count). The molecular weight excluding hydrogens is 326 g/mol. The minimum atomic E-state index is -0.381. The Morgan fingerprint density at radius 3 is 2.75 bits per heavy atom. The minimum absolute atomic E-state index is 0.359. The van der Waals surface area contributed by atoms with Crippen LogP contribution in [-0.2, 0) is 4.74 Å². The van der Waals surface area contributed by atoms with Crippen molar-refractivity contribution in [2.75, 3.05) is 7.11 Å². The van der Waals surface area contributed by atoms with Crippen LogP contribution in [-0.4, -0.2) is 39.2 Å². The second-order valence-electron chi connectivity index (χ2n) is 4.74. The van der Waals surface area contributed by atoms with E-state index >= 15 is 0 Å². The number of methoxy groups -OCH3 is 1. The third-order valence-corrected chi connectivity index (χ3v) is 3.46. The lowest BCUT2D eigenvalue weighted by Crippen LogP contribution is -2.01. The number of aromatic amines is 1. The molecule has 120 valence electrons. The summed E-state index contributed by atoms with van der Waals surface area (Å²) in [6.45, 7) is 0. The molecule has 7 nitrogen and oxygen atoms in total. The number of nitrogens with one attached hydrogen (secondary N) is 1. The molecule has 0 radical (unpaired) electrons. The van der Waals surface area contributed by atoms with Gasteiger partial charge in [0, 0.05) is 6.20 Å². The average Bonchev–Trinajstić information content (AvgIpc) is 3.01. The Morgan fingerprint density at radius 2 is 2.08 bits per heavy atom. The van der Waals surface area contributed by atoms with E-state index in [0.717, 1.165) is 5.56 Å². The first-order chi connectivity index (χ1) is 11.7. The number of benzene rings is 1. The van der Waals surface area contributed by atoms with Crippen LogP contribution in [0.2, 0.25) is 0 Å². The molecule has 0 aliphatic carbocycles. The van der Waals surface area contributed by atoms with Crippen LogP contribution in [0.1, 0.15) is 15.9 Å². The number of hydrogen-bond donors (Lipinski definition) is 1. The van der Waals surface area contributed by atoms with Crippen molar-refractivity contribution >= 4 is 24.4 Å². The van der Waals surface area contributed by atoms with Crippen molar-refractivity contribution in [2.45, 2.75) is 0 Å². The molecular formula is C16H13N5O2S. The van der Waals surface area contributed by atoms with E-state index in [-0.39, 0.29) is 5.97 Å². The largest absolute Gasteiger partial charge is 0.465 e. The molecule has 3 aromatic rings. The molecule has 0 aliphatic rings. The summed E-state index contributed by atoms with van der Waals surface area (Å²) in [5.74, 6) is 0.135. The summed E-state index contributed by atoms with van der Waals surface area (Å²) in [6, 6.07) is 12.4. The fourth-order valence-corrected chi connectivity index (χ4v) is 2.19. The van der Waals surface area contributed by atoms with Crippen LogP contribution < -0.4 is 0 Å². The van der Waals surface area contributed by atoms with Gasteiger partial charge in [-0.3, -0.25) is 4.98 Å². The summed E-state index contributed by atoms with van der Waals surface area (Å²) < 4.78 is 6.52. The molecule has 0 atom stereocenters. The zero-order valence-electron chi connectivity index (χ0n) is 12.7. The Balaban J connectivity index is 1.89. The molecule has 24 heavy (non-hydrogen) atoms. The van der Waals surface area contributed by atoms with Gasteiger partial charge in [0.05, 0.1) is 18.9 Å². The Morgan fingerprint density at radius 1 is 1.29 bits per heavy atom. The fraction of sp³-hybridized carbons (Fsp3) is 0.0625. The standard InChI is InChI=1S/C16H13N5O2S/c1-23-15(22)12-7-5-11(6-8-12)10-18-21-14(19-20-16(21)24)13-4-2-3-9-17-13/h2-10H,1H3,(H,20,24)/b18-10-. The molecule has 2 heterocycles. The van der Waals surface area contributed by atoms with E-state index in [0.29, 0.717) is 21.9 Å². The molecule has 0 saturated heterocycles. The molecule has 0 amide bonds. The maximum Gasteiger partial charge on any atom is 0.337 e. The second-order valence-corrected chi connectivity index (χ2v) is 5.12. The van der Waals surface area contributed by atoms with Crippen molar-refractivity contribution in [1.29, 1.82) is 0 Å². The van der Waals surface area contributed by atoms with Gasteiger partial charge in [-0.2, -0.15) is 14.9 Å². The van der Waals surface area contributed by atoms with E-state index in [2.05, 4.69) is 25.0 Å². The van der Waals surface area contributed by atoms with E-state index in [1.54, 1.807) is 36.7 Å². The quantitative estimate of drug-likeness (QED) is 0.449. The first kappa shape index (κ1) is 15.8. The van der Waals surface area contributed by atoms with E-state index in [4.69, 9.17) is 12.2 Å². The van der Waals surface area contributed by atoms with Gasteiger partial charge in [0.2, 0.25) is 10.6 Å². The minimum Gasteiger partial charge on any atom is -0.465 e. The lowest BCUT2D eigenvalue weighted by molar-refractivity contribution is 0.0600. The lowest BCUT2D eigenvalue weighted by Gasteiger charge is -2.01. The predicted octanol–water partition coefficient (Wildman–Crippen LogP) is 2.67. The number of carbonyl (C=O) groups is 1. The van der Waals surface area contributed by atoms with Gasteiger partial charge in [-0.05, 0) is 42.0 Å². The van der Waals surface area contributed by atoms with E-state index in [1.807, 2.05) is 18.2 Å². The highest BCUT2D eigenvalue weighted by atomic mass is 32.1. The number of ether oxygens (including phenoxy) is 1. The zero-order chi connectivity index (χ0) is 16.9. The number of H-pyrrole nitrogens is 1. The third-order valence-electron chi connectivity index (χ3n) is 3.20. The van der Waals surface area contributed by atoms with Gasteiger partial charge in [-0.15, -0.1) is 0 Å². The molecule has 2 aromatic heterocycles. The van der Waals surface area contributed by atoms with Crippen LogP contribution in [0, 0.1) is 4.77 Å². The number of hydrogen-bond acceptors (Lipinski definition) is 6. The highest BCUT2D eigenvalue weighted by Crippen LogP contribution is 2.13. The van der Waals surface area contributed by atoms with E-state index < -0.39 is 0 Å². The first-order valence-electron chi connectivity index (χ1n) is 7.00. The number of pyridine rings is 1. The maximum absolute atomic E-state index is 11.4. The van der Waals surface area contributed by atoms with Crippen LogP contribution in [0.15, 0.2) is 53.8 Å². The molecule has 0 unspecified atom stereocenters. The van der Waals surface area contributed by atoms with E-state index in [9.17, 15) is 4.79 Å². The second kappa shape index (κ2) is 6.97. The van der Waals surface area contributed by atoms with Gasteiger partial charge in [-0.1, -0.05) is 18.2 Å². The van der Waals surface area contributed by atoms with Crippen LogP contribution in [0.4, 0.5) is 0 Å². The summed E-state index contributed by atoms with van der Waals surface area (Å²) >= 11 is 5.20. The van der Waals surface area contributed by atoms with Crippen LogP contribution in [0.5, 0.6) is 0 Å². The maximum atomic E-state index is 11.4. The first-order valence-corrected chi connectivity index (χ1v) is 7.41. The van der Waals surface area contributed by atoms with Crippen molar-refractivity contribution in [3.63, 3.8) is 0 Å². The molecule has 1 N–H and O–H groups in total. The van der Waals surface area contributed by atoms with Crippen molar-refractivity contribution in [1.82, 2.24) is 19.9 Å². The number of rotatable bonds is 4. The third kappa shape index (κ3) is 3.28. The Kier molecular flexibility index (Phi) is 4.57. The zero-order valence-corrected chi connectivity index (χ0v) is 13.5. The van der Waals surface area contributed by atoms with Crippen molar-refractivity contribution < 1.29 is 9.53 Å². The Bertz CT molecular complexity index is 929. The predicted molar refractivity (Wildman–Crippen MR) is 91.4 cm³/mol. The normalized spacial score (nSPS) is 10.9. The van der Waals surface area contributed by atoms with Gasteiger partial charge in [0.25, 0.3) is 0 Å². The monoisotopic (exact) mass is 339 g/mol. The number of nitrogens with zero attached hydrogens (tertiary/aromatic N) is 4. The van der Waals surface area contributed by atoms with Crippen LogP contribution in [0.25, 0.3) is 11.5 Å². The van der Waals surface area contributed by atoms with Gasteiger partial charge in [0.15, 0.2) is 0 Å². The van der Waals surface area contributed by atoms with Crippen molar-refractivity contribution in [2.24, 2.45) is 5.10 Å². The highest BCUT2D eigenvalue weighted by molar-refractivity contribution is 7.71. The SMILES string of the molecule is COC(=O)c1ccc(/C=N\n2c(-c3ccccn3)n[nH]c2=S)cc1. The summed E-state index contributed by atoms with van der Waals surface area (Å²) in [7, 11) is 1.34. The van der Waals surface area contributed by atoms with Gasteiger partial charge in [0.1, 0.15) is 5.69 Å². The molecule has 0 fully saturated rings. The Labute approximate surface area is 142 Å². The summed E-state index contributed by atoms with van der Waals surface area (Å²) in [5, 5.41) is 11.2. The summed E-state index contributed by atoms with van der Waals surface area (Å²) in [4.78, 5) is 15.7. The smallest absolute Gasteiger partial charge is 0.337 e. The highest BCUT2D eigenvalue weighted by Gasteiger charge is 2.08. The summed E-state index contributed by atoms with van der Waals surface area (Å²) in [5.41, 5.74) is 1.93. The Hall–Kier alpha value is -3.13. The van der Waals surface area contributed by atoms with Crippen molar-refractivity contribution in [3.05, 3.63) is 64.6 Å². The number of aromatic nitrogens is 4. The topological polar surface area (TPSA) is 85.2 Å². The van der Waals surface area contributed by atoms with Crippen LogP contribution in [0.3, 0.4) is 0 Å². The lowest BCUT2D eigenvalue weighted by atomic mass is 10.1. The number of carbonyl (C=O) groups excluding carboxylic acids is 1. The van der Waals surface area contributed by atoms with E-state index in [1.165, 1.54) is 11.8 Å². The molecule has 8 heteroatoms. The molecule has 0 aliphatic heterocycles.